The lowest BCUT2D eigenvalue weighted by Crippen LogP contribution is -2.29. The van der Waals surface area contributed by atoms with Crippen LogP contribution in [0.3, 0.4) is 0 Å². The topological polar surface area (TPSA) is 109 Å². The molecule has 0 radical (unpaired) electrons. The molecule has 0 fully saturated rings. The molecule has 2 aromatic carbocycles. The Labute approximate surface area is 180 Å². The fourth-order valence-corrected chi connectivity index (χ4v) is 2.64. The summed E-state index contributed by atoms with van der Waals surface area (Å²) >= 11 is 3.30. The highest BCUT2D eigenvalue weighted by molar-refractivity contribution is 9.10. The van der Waals surface area contributed by atoms with Gasteiger partial charge in [0, 0.05) is 35.2 Å². The van der Waals surface area contributed by atoms with E-state index in [9.17, 15) is 14.4 Å². The molecule has 0 aliphatic heterocycles. The van der Waals surface area contributed by atoms with Gasteiger partial charge in [-0.15, -0.1) is 0 Å². The molecule has 0 aliphatic carbocycles. The van der Waals surface area contributed by atoms with Crippen LogP contribution in [0, 0.1) is 0 Å². The van der Waals surface area contributed by atoms with Gasteiger partial charge >= 0.3 is 11.8 Å². The molecule has 3 amide bonds. The van der Waals surface area contributed by atoms with E-state index < -0.39 is 11.8 Å². The number of amides is 3. The summed E-state index contributed by atoms with van der Waals surface area (Å²) in [4.78, 5) is 39.7. The summed E-state index contributed by atoms with van der Waals surface area (Å²) in [7, 11) is 1.52. The first-order valence-corrected chi connectivity index (χ1v) is 9.58. The van der Waals surface area contributed by atoms with Crippen molar-refractivity contribution in [2.75, 3.05) is 17.7 Å². The zero-order valence-corrected chi connectivity index (χ0v) is 17.4. The fraction of sp³-hybridized carbons (Fsp3) is 0.0476. The monoisotopic (exact) mass is 468 g/mol. The van der Waals surface area contributed by atoms with Crippen LogP contribution in [0.5, 0.6) is 11.5 Å². The zero-order valence-electron chi connectivity index (χ0n) is 15.8. The molecule has 0 bridgehead atoms. The number of nitrogens with one attached hydrogen (secondary N) is 3. The van der Waals surface area contributed by atoms with Crippen LogP contribution in [0.15, 0.2) is 71.3 Å². The lowest BCUT2D eigenvalue weighted by molar-refractivity contribution is -0.132. The molecule has 9 heteroatoms. The summed E-state index contributed by atoms with van der Waals surface area (Å²) in [6, 6.07) is 16.5. The standard InChI is InChI=1S/C21H17BrN4O4/c1-23-19(27)18-12-17(10-11-24-18)30-16-8-6-15(7-9-16)26-21(29)20(28)25-14-4-2-13(22)3-5-14/h2-12H,1H3,(H,23,27)(H,25,28)(H,26,29). The third-order valence-corrected chi connectivity index (χ3v) is 4.38. The van der Waals surface area contributed by atoms with Gasteiger partial charge in [0.05, 0.1) is 0 Å². The van der Waals surface area contributed by atoms with E-state index in [1.807, 2.05) is 0 Å². The molecule has 3 rings (SSSR count). The van der Waals surface area contributed by atoms with E-state index in [1.165, 1.54) is 19.3 Å². The molecule has 0 atom stereocenters. The number of ether oxygens (including phenoxy) is 1. The van der Waals surface area contributed by atoms with Gasteiger partial charge in [-0.05, 0) is 54.6 Å². The molecular formula is C21H17BrN4O4. The summed E-state index contributed by atoms with van der Waals surface area (Å²) in [5, 5.41) is 7.53. The van der Waals surface area contributed by atoms with Crippen molar-refractivity contribution in [2.45, 2.75) is 0 Å². The Morgan fingerprint density at radius 2 is 1.40 bits per heavy atom. The normalized spacial score (nSPS) is 10.1. The van der Waals surface area contributed by atoms with Gasteiger partial charge in [-0.2, -0.15) is 0 Å². The van der Waals surface area contributed by atoms with Gasteiger partial charge in [0.15, 0.2) is 0 Å². The molecule has 3 aromatic rings. The maximum atomic E-state index is 12.1. The van der Waals surface area contributed by atoms with Crippen LogP contribution in [0.4, 0.5) is 11.4 Å². The van der Waals surface area contributed by atoms with E-state index in [0.717, 1.165) is 4.47 Å². The number of pyridine rings is 1. The summed E-state index contributed by atoms with van der Waals surface area (Å²) in [5.74, 6) is -0.970. The first kappa shape index (κ1) is 21.0. The number of halogens is 1. The number of benzene rings is 2. The lowest BCUT2D eigenvalue weighted by atomic mass is 10.3. The second kappa shape index (κ2) is 9.66. The molecule has 3 N–H and O–H groups in total. The van der Waals surface area contributed by atoms with Crippen LogP contribution in [0.2, 0.25) is 0 Å². The Morgan fingerprint density at radius 1 is 0.833 bits per heavy atom. The Hall–Kier alpha value is -3.72. The van der Waals surface area contributed by atoms with Crippen LogP contribution in [-0.2, 0) is 9.59 Å². The highest BCUT2D eigenvalue weighted by Crippen LogP contribution is 2.23. The van der Waals surface area contributed by atoms with Crippen molar-refractivity contribution in [3.63, 3.8) is 0 Å². The smallest absolute Gasteiger partial charge is 0.314 e. The minimum atomic E-state index is -0.795. The lowest BCUT2D eigenvalue weighted by Gasteiger charge is -2.09. The number of anilines is 2. The number of carbonyl (C=O) groups excluding carboxylic acids is 3. The number of hydrogen-bond donors (Lipinski definition) is 3. The average molecular weight is 469 g/mol. The summed E-state index contributed by atoms with van der Waals surface area (Å²) < 4.78 is 6.56. The van der Waals surface area contributed by atoms with E-state index in [1.54, 1.807) is 54.6 Å². The molecule has 1 aromatic heterocycles. The van der Waals surface area contributed by atoms with Crippen molar-refractivity contribution < 1.29 is 19.1 Å². The van der Waals surface area contributed by atoms with Gasteiger partial charge in [-0.1, -0.05) is 15.9 Å². The van der Waals surface area contributed by atoms with E-state index in [4.69, 9.17) is 4.74 Å². The first-order chi connectivity index (χ1) is 14.4. The van der Waals surface area contributed by atoms with Gasteiger partial charge in [0.2, 0.25) is 0 Å². The van der Waals surface area contributed by atoms with Crippen LogP contribution < -0.4 is 20.7 Å². The van der Waals surface area contributed by atoms with E-state index >= 15 is 0 Å². The van der Waals surface area contributed by atoms with Gasteiger partial charge in [0.1, 0.15) is 17.2 Å². The molecule has 152 valence electrons. The maximum Gasteiger partial charge on any atom is 0.314 e. The number of nitrogens with zero attached hydrogens (tertiary/aromatic N) is 1. The molecule has 1 heterocycles. The Balaban J connectivity index is 1.59. The highest BCUT2D eigenvalue weighted by atomic mass is 79.9. The highest BCUT2D eigenvalue weighted by Gasteiger charge is 2.14. The Kier molecular flexibility index (Phi) is 6.76. The van der Waals surface area contributed by atoms with Crippen molar-refractivity contribution in [1.82, 2.24) is 10.3 Å². The van der Waals surface area contributed by atoms with Gasteiger partial charge in [-0.25, -0.2) is 0 Å². The van der Waals surface area contributed by atoms with Crippen molar-refractivity contribution in [3.05, 3.63) is 77.0 Å². The third-order valence-electron chi connectivity index (χ3n) is 3.85. The van der Waals surface area contributed by atoms with E-state index in [0.29, 0.717) is 22.9 Å². The summed E-state index contributed by atoms with van der Waals surface area (Å²) in [5.41, 5.74) is 1.17. The average Bonchev–Trinajstić information content (AvgIpc) is 2.76. The van der Waals surface area contributed by atoms with Crippen LogP contribution in [0.1, 0.15) is 10.5 Å². The van der Waals surface area contributed by atoms with Gasteiger partial charge < -0.3 is 20.7 Å². The second-order valence-corrected chi connectivity index (χ2v) is 6.91. The van der Waals surface area contributed by atoms with Crippen LogP contribution in [-0.4, -0.2) is 29.8 Å². The molecular weight excluding hydrogens is 452 g/mol. The van der Waals surface area contributed by atoms with Crippen LogP contribution in [0.25, 0.3) is 0 Å². The van der Waals surface area contributed by atoms with Gasteiger partial charge in [0.25, 0.3) is 5.91 Å². The second-order valence-electron chi connectivity index (χ2n) is 6.00. The van der Waals surface area contributed by atoms with Crippen molar-refractivity contribution in [3.8, 4) is 11.5 Å². The third kappa shape index (κ3) is 5.65. The largest absolute Gasteiger partial charge is 0.457 e. The van der Waals surface area contributed by atoms with Crippen molar-refractivity contribution >= 4 is 45.0 Å². The van der Waals surface area contributed by atoms with E-state index in [2.05, 4.69) is 36.9 Å². The Bertz CT molecular complexity index is 1070. The molecule has 8 nitrogen and oxygen atoms in total. The van der Waals surface area contributed by atoms with E-state index in [-0.39, 0.29) is 11.6 Å². The van der Waals surface area contributed by atoms with Crippen molar-refractivity contribution in [2.24, 2.45) is 0 Å². The first-order valence-electron chi connectivity index (χ1n) is 8.78. The SMILES string of the molecule is CNC(=O)c1cc(Oc2ccc(NC(=O)C(=O)Nc3ccc(Br)cc3)cc2)ccn1. The minimum Gasteiger partial charge on any atom is -0.457 e. The summed E-state index contributed by atoms with van der Waals surface area (Å²) in [6.07, 6.45) is 1.47. The predicted molar refractivity (Wildman–Crippen MR) is 116 cm³/mol. The molecule has 0 aliphatic rings. The number of carbonyl (C=O) groups is 3. The number of hydrogen-bond acceptors (Lipinski definition) is 5. The minimum absolute atomic E-state index is 0.232. The molecule has 0 saturated heterocycles. The van der Waals surface area contributed by atoms with Gasteiger partial charge in [-0.3, -0.25) is 19.4 Å². The maximum absolute atomic E-state index is 12.1. The van der Waals surface area contributed by atoms with Crippen LogP contribution >= 0.6 is 15.9 Å². The molecule has 30 heavy (non-hydrogen) atoms. The number of rotatable bonds is 5. The fourth-order valence-electron chi connectivity index (χ4n) is 2.38. The molecule has 0 unspecified atom stereocenters. The predicted octanol–water partition coefficient (Wildman–Crippen LogP) is 3.57. The number of aromatic nitrogens is 1. The zero-order chi connectivity index (χ0) is 21.5. The quantitative estimate of drug-likeness (QED) is 0.495. The molecule has 0 spiro atoms. The summed E-state index contributed by atoms with van der Waals surface area (Å²) in [6.45, 7) is 0. The Morgan fingerprint density at radius 3 is 1.97 bits per heavy atom. The molecule has 0 saturated carbocycles. The van der Waals surface area contributed by atoms with Crippen molar-refractivity contribution in [1.29, 1.82) is 0 Å².